The average molecular weight is 363 g/mol. The molecule has 6 heteroatoms. The summed E-state index contributed by atoms with van der Waals surface area (Å²) in [5.41, 5.74) is 3.71. The zero-order chi connectivity index (χ0) is 19.0. The highest BCUT2D eigenvalue weighted by atomic mass is 16.2. The van der Waals surface area contributed by atoms with Crippen molar-refractivity contribution in [3.8, 4) is 0 Å². The van der Waals surface area contributed by atoms with E-state index in [1.54, 1.807) is 36.4 Å². The number of amides is 3. The van der Waals surface area contributed by atoms with Crippen LogP contribution in [0.25, 0.3) is 0 Å². The molecule has 27 heavy (non-hydrogen) atoms. The second-order valence-corrected chi connectivity index (χ2v) is 7.26. The van der Waals surface area contributed by atoms with Crippen LogP contribution in [0.3, 0.4) is 0 Å². The fourth-order valence-corrected chi connectivity index (χ4v) is 3.29. The Bertz CT molecular complexity index is 921. The maximum atomic E-state index is 12.5. The summed E-state index contributed by atoms with van der Waals surface area (Å²) in [5, 5.41) is 8.58. The molecule has 0 radical (unpaired) electrons. The number of anilines is 3. The summed E-state index contributed by atoms with van der Waals surface area (Å²) in [6.07, 6.45) is 2.06. The molecule has 0 saturated heterocycles. The van der Waals surface area contributed by atoms with Crippen LogP contribution in [0.1, 0.15) is 35.7 Å². The van der Waals surface area contributed by atoms with Gasteiger partial charge in [-0.3, -0.25) is 14.4 Å². The van der Waals surface area contributed by atoms with Gasteiger partial charge in [-0.05, 0) is 66.8 Å². The predicted octanol–water partition coefficient (Wildman–Crippen LogP) is 3.42. The smallest absolute Gasteiger partial charge is 0.255 e. The van der Waals surface area contributed by atoms with Crippen molar-refractivity contribution in [3.63, 3.8) is 0 Å². The molecule has 4 rings (SSSR count). The van der Waals surface area contributed by atoms with E-state index in [0.717, 1.165) is 17.7 Å². The summed E-state index contributed by atoms with van der Waals surface area (Å²) in [6.45, 7) is 2.06. The molecule has 2 atom stereocenters. The van der Waals surface area contributed by atoms with Crippen molar-refractivity contribution in [1.82, 2.24) is 0 Å². The fraction of sp³-hybridized carbons (Fsp3) is 0.286. The van der Waals surface area contributed by atoms with Gasteiger partial charge in [-0.15, -0.1) is 0 Å². The summed E-state index contributed by atoms with van der Waals surface area (Å²) in [4.78, 5) is 35.8. The molecule has 2 unspecified atom stereocenters. The number of rotatable bonds is 4. The highest BCUT2D eigenvalue weighted by molar-refractivity contribution is 6.05. The number of benzene rings is 2. The Morgan fingerprint density at radius 1 is 1.00 bits per heavy atom. The van der Waals surface area contributed by atoms with Gasteiger partial charge in [0.25, 0.3) is 5.91 Å². The highest BCUT2D eigenvalue weighted by Crippen LogP contribution is 2.38. The number of carbonyl (C=O) groups excluding carboxylic acids is 3. The molecule has 1 aliphatic carbocycles. The number of aryl methyl sites for hydroxylation is 1. The van der Waals surface area contributed by atoms with E-state index in [1.165, 1.54) is 0 Å². The third-order valence-electron chi connectivity index (χ3n) is 5.12. The number of hydrogen-bond acceptors (Lipinski definition) is 3. The Morgan fingerprint density at radius 2 is 1.70 bits per heavy atom. The third-order valence-corrected chi connectivity index (χ3v) is 5.12. The van der Waals surface area contributed by atoms with E-state index in [4.69, 9.17) is 0 Å². The van der Waals surface area contributed by atoms with E-state index in [1.807, 2.05) is 6.07 Å². The first-order valence-electron chi connectivity index (χ1n) is 9.14. The molecule has 1 heterocycles. The quantitative estimate of drug-likeness (QED) is 0.778. The maximum Gasteiger partial charge on any atom is 0.255 e. The molecular formula is C21H21N3O3. The number of nitrogens with one attached hydrogen (secondary N) is 3. The molecule has 2 aromatic rings. The van der Waals surface area contributed by atoms with Crippen LogP contribution in [0.2, 0.25) is 0 Å². The van der Waals surface area contributed by atoms with Crippen molar-refractivity contribution in [2.24, 2.45) is 11.8 Å². The molecule has 6 nitrogen and oxygen atoms in total. The van der Waals surface area contributed by atoms with Crippen molar-refractivity contribution in [1.29, 1.82) is 0 Å². The maximum absolute atomic E-state index is 12.5. The largest absolute Gasteiger partial charge is 0.326 e. The lowest BCUT2D eigenvalue weighted by Crippen LogP contribution is -2.19. The second kappa shape index (κ2) is 6.87. The van der Waals surface area contributed by atoms with Crippen LogP contribution in [-0.4, -0.2) is 17.7 Å². The number of carbonyl (C=O) groups is 3. The van der Waals surface area contributed by atoms with Gasteiger partial charge in [-0.2, -0.15) is 0 Å². The summed E-state index contributed by atoms with van der Waals surface area (Å²) >= 11 is 0. The molecule has 0 spiro atoms. The standard InChI is InChI=1S/C21H21N3O3/c1-12-10-17(12)21(27)22-15-5-2-13(3-6-15)20(26)23-16-7-8-18-14(11-16)4-9-19(25)24-18/h2-3,5-8,11-12,17H,4,9-10H2,1H3,(H,22,27)(H,23,26)(H,24,25). The first-order chi connectivity index (χ1) is 13.0. The fourth-order valence-electron chi connectivity index (χ4n) is 3.29. The van der Waals surface area contributed by atoms with Crippen molar-refractivity contribution in [3.05, 3.63) is 53.6 Å². The van der Waals surface area contributed by atoms with Crippen molar-refractivity contribution < 1.29 is 14.4 Å². The molecule has 2 aliphatic rings. The van der Waals surface area contributed by atoms with Crippen LogP contribution in [0.5, 0.6) is 0 Å². The first kappa shape index (κ1) is 17.3. The summed E-state index contributed by atoms with van der Waals surface area (Å²) < 4.78 is 0. The third kappa shape index (κ3) is 3.84. The van der Waals surface area contributed by atoms with E-state index in [-0.39, 0.29) is 23.6 Å². The van der Waals surface area contributed by atoms with Crippen molar-refractivity contribution >= 4 is 34.8 Å². The van der Waals surface area contributed by atoms with E-state index >= 15 is 0 Å². The van der Waals surface area contributed by atoms with Crippen LogP contribution < -0.4 is 16.0 Å². The van der Waals surface area contributed by atoms with Gasteiger partial charge in [0, 0.05) is 35.0 Å². The van der Waals surface area contributed by atoms with Gasteiger partial charge in [0.15, 0.2) is 0 Å². The minimum Gasteiger partial charge on any atom is -0.326 e. The van der Waals surface area contributed by atoms with Gasteiger partial charge in [0.2, 0.25) is 11.8 Å². The lowest BCUT2D eigenvalue weighted by Gasteiger charge is -2.17. The van der Waals surface area contributed by atoms with Gasteiger partial charge >= 0.3 is 0 Å². The Labute approximate surface area is 157 Å². The molecule has 1 aliphatic heterocycles. The van der Waals surface area contributed by atoms with Crippen LogP contribution in [0.4, 0.5) is 17.1 Å². The van der Waals surface area contributed by atoms with Crippen LogP contribution in [0.15, 0.2) is 42.5 Å². The average Bonchev–Trinajstić information content (AvgIpc) is 3.39. The minimum atomic E-state index is -0.219. The molecule has 138 valence electrons. The van der Waals surface area contributed by atoms with E-state index < -0.39 is 0 Å². The van der Waals surface area contributed by atoms with E-state index in [9.17, 15) is 14.4 Å². The number of fused-ring (bicyclic) bond motifs is 1. The van der Waals surface area contributed by atoms with Crippen molar-refractivity contribution in [2.75, 3.05) is 16.0 Å². The van der Waals surface area contributed by atoms with Crippen LogP contribution in [0, 0.1) is 11.8 Å². The zero-order valence-corrected chi connectivity index (χ0v) is 15.0. The molecule has 3 amide bonds. The van der Waals surface area contributed by atoms with Crippen LogP contribution in [-0.2, 0) is 16.0 Å². The Kier molecular flexibility index (Phi) is 4.39. The van der Waals surface area contributed by atoms with E-state index in [2.05, 4.69) is 22.9 Å². The Hall–Kier alpha value is -3.15. The van der Waals surface area contributed by atoms with Gasteiger partial charge < -0.3 is 16.0 Å². The van der Waals surface area contributed by atoms with E-state index in [0.29, 0.717) is 35.7 Å². The first-order valence-corrected chi connectivity index (χ1v) is 9.14. The minimum absolute atomic E-state index is 0.0163. The summed E-state index contributed by atoms with van der Waals surface area (Å²) in [6, 6.07) is 12.3. The molecule has 1 saturated carbocycles. The molecular weight excluding hydrogens is 342 g/mol. The van der Waals surface area contributed by atoms with Crippen molar-refractivity contribution in [2.45, 2.75) is 26.2 Å². The zero-order valence-electron chi connectivity index (χ0n) is 15.0. The topological polar surface area (TPSA) is 87.3 Å². The monoisotopic (exact) mass is 363 g/mol. The highest BCUT2D eigenvalue weighted by Gasteiger charge is 2.39. The molecule has 1 fully saturated rings. The van der Waals surface area contributed by atoms with Gasteiger partial charge in [0.05, 0.1) is 0 Å². The van der Waals surface area contributed by atoms with Gasteiger partial charge in [-0.25, -0.2) is 0 Å². The summed E-state index contributed by atoms with van der Waals surface area (Å²) in [5.74, 6) is 0.411. The lowest BCUT2D eigenvalue weighted by atomic mass is 10.0. The van der Waals surface area contributed by atoms with Gasteiger partial charge in [-0.1, -0.05) is 6.92 Å². The Balaban J connectivity index is 1.39. The Morgan fingerprint density at radius 3 is 2.41 bits per heavy atom. The van der Waals surface area contributed by atoms with Gasteiger partial charge in [0.1, 0.15) is 0 Å². The predicted molar refractivity (Wildman–Crippen MR) is 104 cm³/mol. The number of hydrogen-bond donors (Lipinski definition) is 3. The summed E-state index contributed by atoms with van der Waals surface area (Å²) in [7, 11) is 0. The molecule has 0 aromatic heterocycles. The molecule has 2 aromatic carbocycles. The normalized spacial score (nSPS) is 20.3. The second-order valence-electron chi connectivity index (χ2n) is 7.26. The molecule has 3 N–H and O–H groups in total. The SMILES string of the molecule is CC1CC1C(=O)Nc1ccc(C(=O)Nc2ccc3c(c2)CCC(=O)N3)cc1. The van der Waals surface area contributed by atoms with Crippen LogP contribution >= 0.6 is 0 Å². The molecule has 0 bridgehead atoms. The lowest BCUT2D eigenvalue weighted by molar-refractivity contribution is -0.118.